The highest BCUT2D eigenvalue weighted by Gasteiger charge is 2.25. The van der Waals surface area contributed by atoms with Crippen molar-refractivity contribution in [2.45, 2.75) is 58.7 Å². The van der Waals surface area contributed by atoms with Crippen LogP contribution in [0.1, 0.15) is 54.4 Å². The molecular weight excluding hydrogens is 494 g/mol. The number of nitrogens with zero attached hydrogens (tertiary/aromatic N) is 5. The van der Waals surface area contributed by atoms with Gasteiger partial charge in [-0.25, -0.2) is 18.1 Å². The van der Waals surface area contributed by atoms with Gasteiger partial charge in [0, 0.05) is 23.8 Å². The number of nitrogens with one attached hydrogen (secondary N) is 2. The Hall–Kier alpha value is -3.38. The third-order valence-electron chi connectivity index (χ3n) is 6.48. The highest BCUT2D eigenvalue weighted by molar-refractivity contribution is 7.89. The number of methoxy groups -OCH3 is 1. The largest absolute Gasteiger partial charge is 0.497 e. The van der Waals surface area contributed by atoms with Gasteiger partial charge in [-0.1, -0.05) is 12.1 Å². The molecule has 1 aliphatic rings. The maximum absolute atomic E-state index is 12.8. The summed E-state index contributed by atoms with van der Waals surface area (Å²) in [5.74, 6) is 1.30. The first-order valence-electron chi connectivity index (χ1n) is 12.4. The van der Waals surface area contributed by atoms with E-state index in [1.807, 2.05) is 37.3 Å². The number of pyridine rings is 1. The fourth-order valence-corrected chi connectivity index (χ4v) is 5.35. The second-order valence-corrected chi connectivity index (χ2v) is 11.4. The molecule has 3 aromatic rings. The molecule has 0 radical (unpaired) electrons. The number of amides is 1. The third kappa shape index (κ3) is 7.32. The smallest absolute Gasteiger partial charge is 0.270 e. The standard InChI is InChI=1S/C25H33N7O4S/c1-4-37(34,35)30-21-10-8-18(9-11-21)16-32-29-24(28-31-32)20-12-17(2)27-23(14-20)25(33)26-15-19-6-5-7-22(13-19)36-3/h5-7,12-14,18,21,30H,4,8-11,15-16H2,1-3H3,(H,26,33). The highest BCUT2D eigenvalue weighted by atomic mass is 32.2. The Labute approximate surface area is 217 Å². The molecule has 0 spiro atoms. The van der Waals surface area contributed by atoms with Crippen LogP contribution >= 0.6 is 0 Å². The number of aryl methyl sites for hydroxylation is 1. The van der Waals surface area contributed by atoms with Crippen LogP contribution in [0.15, 0.2) is 36.4 Å². The SMILES string of the molecule is CCS(=O)(=O)NC1CCC(Cn2nnc(-c3cc(C)nc(C(=O)NCc4cccc(OC)c4)c3)n2)CC1. The summed E-state index contributed by atoms with van der Waals surface area (Å²) in [6.07, 6.45) is 3.37. The second-order valence-electron chi connectivity index (χ2n) is 9.32. The molecule has 1 saturated carbocycles. The van der Waals surface area contributed by atoms with Crippen molar-refractivity contribution in [1.29, 1.82) is 0 Å². The van der Waals surface area contributed by atoms with E-state index >= 15 is 0 Å². The van der Waals surface area contributed by atoms with Crippen molar-refractivity contribution < 1.29 is 17.9 Å². The van der Waals surface area contributed by atoms with E-state index in [9.17, 15) is 13.2 Å². The van der Waals surface area contributed by atoms with Crippen molar-refractivity contribution in [2.24, 2.45) is 5.92 Å². The van der Waals surface area contributed by atoms with Gasteiger partial charge in [-0.2, -0.15) is 4.80 Å². The zero-order valence-electron chi connectivity index (χ0n) is 21.3. The molecule has 1 aromatic carbocycles. The molecule has 2 heterocycles. The number of benzene rings is 1. The molecule has 0 bridgehead atoms. The Balaban J connectivity index is 1.36. The summed E-state index contributed by atoms with van der Waals surface area (Å²) >= 11 is 0. The van der Waals surface area contributed by atoms with Crippen LogP contribution in [0.4, 0.5) is 0 Å². The molecule has 0 unspecified atom stereocenters. The van der Waals surface area contributed by atoms with Gasteiger partial charge in [0.1, 0.15) is 11.4 Å². The van der Waals surface area contributed by atoms with Crippen LogP contribution in [0, 0.1) is 12.8 Å². The van der Waals surface area contributed by atoms with Crippen LogP contribution in [-0.4, -0.2) is 58.4 Å². The van der Waals surface area contributed by atoms with Crippen molar-refractivity contribution in [3.8, 4) is 17.1 Å². The van der Waals surface area contributed by atoms with Gasteiger partial charge in [0.05, 0.1) is 19.4 Å². The second kappa shape index (κ2) is 11.8. The molecule has 2 N–H and O–H groups in total. The van der Waals surface area contributed by atoms with Crippen LogP contribution in [0.3, 0.4) is 0 Å². The maximum atomic E-state index is 12.8. The van der Waals surface area contributed by atoms with Crippen molar-refractivity contribution >= 4 is 15.9 Å². The van der Waals surface area contributed by atoms with Gasteiger partial charge in [-0.3, -0.25) is 4.79 Å². The van der Waals surface area contributed by atoms with Gasteiger partial charge in [0.25, 0.3) is 5.91 Å². The summed E-state index contributed by atoms with van der Waals surface area (Å²) in [6, 6.07) is 11.0. The third-order valence-corrected chi connectivity index (χ3v) is 7.93. The molecule has 2 aromatic heterocycles. The lowest BCUT2D eigenvalue weighted by molar-refractivity contribution is 0.0945. The molecule has 0 atom stereocenters. The molecule has 4 rings (SSSR count). The van der Waals surface area contributed by atoms with Gasteiger partial charge in [0.2, 0.25) is 15.8 Å². The topological polar surface area (TPSA) is 141 Å². The van der Waals surface area contributed by atoms with Gasteiger partial charge >= 0.3 is 0 Å². The van der Waals surface area contributed by atoms with Crippen molar-refractivity contribution in [2.75, 3.05) is 12.9 Å². The first-order chi connectivity index (χ1) is 17.7. The lowest BCUT2D eigenvalue weighted by atomic mass is 9.86. The average Bonchev–Trinajstić information content (AvgIpc) is 3.36. The van der Waals surface area contributed by atoms with Crippen molar-refractivity contribution in [3.63, 3.8) is 0 Å². The predicted octanol–water partition coefficient (Wildman–Crippen LogP) is 2.48. The maximum Gasteiger partial charge on any atom is 0.270 e. The molecule has 1 aliphatic carbocycles. The zero-order valence-corrected chi connectivity index (χ0v) is 22.2. The number of aromatic nitrogens is 5. The van der Waals surface area contributed by atoms with Crippen LogP contribution in [0.2, 0.25) is 0 Å². The Kier molecular flexibility index (Phi) is 8.49. The number of sulfonamides is 1. The van der Waals surface area contributed by atoms with E-state index in [2.05, 4.69) is 30.4 Å². The number of carbonyl (C=O) groups is 1. The molecular formula is C25H33N7O4S. The molecule has 11 nitrogen and oxygen atoms in total. The van der Waals surface area contributed by atoms with E-state index < -0.39 is 10.0 Å². The minimum absolute atomic E-state index is 0.00579. The Morgan fingerprint density at radius 1 is 1.16 bits per heavy atom. The van der Waals surface area contributed by atoms with Gasteiger partial charge < -0.3 is 10.1 Å². The summed E-state index contributed by atoms with van der Waals surface area (Å²) in [6.45, 7) is 4.41. The summed E-state index contributed by atoms with van der Waals surface area (Å²) < 4.78 is 31.6. The Bertz CT molecular complexity index is 1330. The molecule has 37 heavy (non-hydrogen) atoms. The fourth-order valence-electron chi connectivity index (χ4n) is 4.44. The molecule has 12 heteroatoms. The summed E-state index contributed by atoms with van der Waals surface area (Å²) in [7, 11) is -1.58. The van der Waals surface area contributed by atoms with Gasteiger partial charge in [-0.15, -0.1) is 10.2 Å². The van der Waals surface area contributed by atoms with Gasteiger partial charge in [-0.05, 0) is 80.5 Å². The first-order valence-corrected chi connectivity index (χ1v) is 14.1. The summed E-state index contributed by atoms with van der Waals surface area (Å²) in [5.41, 5.74) is 2.54. The number of hydrogen-bond acceptors (Lipinski definition) is 8. The molecule has 0 aliphatic heterocycles. The monoisotopic (exact) mass is 527 g/mol. The zero-order chi connectivity index (χ0) is 26.4. The van der Waals surface area contributed by atoms with Gasteiger partial charge in [0.15, 0.2) is 0 Å². The highest BCUT2D eigenvalue weighted by Crippen LogP contribution is 2.26. The first kappa shape index (κ1) is 26.7. The van der Waals surface area contributed by atoms with E-state index in [1.165, 1.54) is 0 Å². The van der Waals surface area contributed by atoms with E-state index in [4.69, 9.17) is 4.74 Å². The normalized spacial score (nSPS) is 17.9. The van der Waals surface area contributed by atoms with E-state index in [0.717, 1.165) is 37.0 Å². The van der Waals surface area contributed by atoms with E-state index in [1.54, 1.807) is 24.9 Å². The van der Waals surface area contributed by atoms with E-state index in [0.29, 0.717) is 36.1 Å². The Morgan fingerprint density at radius 2 is 1.95 bits per heavy atom. The molecule has 198 valence electrons. The van der Waals surface area contributed by atoms with Crippen molar-refractivity contribution in [3.05, 3.63) is 53.3 Å². The lowest BCUT2D eigenvalue weighted by Crippen LogP contribution is -2.38. The van der Waals surface area contributed by atoms with Crippen LogP contribution in [0.25, 0.3) is 11.4 Å². The average molecular weight is 528 g/mol. The number of ether oxygens (including phenoxy) is 1. The summed E-state index contributed by atoms with van der Waals surface area (Å²) in [5, 5.41) is 15.8. The molecule has 1 amide bonds. The minimum atomic E-state index is -3.19. The number of carbonyl (C=O) groups excluding carboxylic acids is 1. The number of tetrazole rings is 1. The lowest BCUT2D eigenvalue weighted by Gasteiger charge is -2.28. The number of hydrogen-bond donors (Lipinski definition) is 2. The van der Waals surface area contributed by atoms with Crippen LogP contribution in [-0.2, 0) is 23.1 Å². The van der Waals surface area contributed by atoms with Crippen LogP contribution < -0.4 is 14.8 Å². The van der Waals surface area contributed by atoms with Crippen LogP contribution in [0.5, 0.6) is 5.75 Å². The quantitative estimate of drug-likeness (QED) is 0.410. The van der Waals surface area contributed by atoms with E-state index in [-0.39, 0.29) is 23.4 Å². The minimum Gasteiger partial charge on any atom is -0.497 e. The molecule has 1 fully saturated rings. The Morgan fingerprint density at radius 3 is 2.68 bits per heavy atom. The fraction of sp³-hybridized carbons (Fsp3) is 0.480. The predicted molar refractivity (Wildman–Crippen MR) is 138 cm³/mol. The summed E-state index contributed by atoms with van der Waals surface area (Å²) in [4.78, 5) is 18.8. The van der Waals surface area contributed by atoms with Crippen molar-refractivity contribution in [1.82, 2.24) is 35.2 Å². The molecule has 0 saturated heterocycles. The number of rotatable bonds is 10.